The average molecular weight is 86.0 g/mol. The zero-order valence-corrected chi connectivity index (χ0v) is 4.88. The van der Waals surface area contributed by atoms with E-state index < -0.39 is 6.48 Å². The maximum Gasteiger partial charge on any atom is 1.00 e. The van der Waals surface area contributed by atoms with E-state index in [-0.39, 0.29) is 29.6 Å². The molecule has 4 heteroatoms. The summed E-state index contributed by atoms with van der Waals surface area (Å²) in [5, 5.41) is 22.8. The summed E-state index contributed by atoms with van der Waals surface area (Å²) in [5.74, 6) is 0. The van der Waals surface area contributed by atoms with Crippen LogP contribution in [0.15, 0.2) is 0 Å². The summed E-state index contributed by atoms with van der Waals surface area (Å²) >= 11 is 0. The van der Waals surface area contributed by atoms with E-state index in [1.165, 1.54) is 0 Å². The average Bonchev–Trinajstić information content (AvgIpc) is 0.811. The topological polar surface area (TPSA) is 63.5 Å². The Morgan fingerprint density at radius 2 is 1.40 bits per heavy atom. The van der Waals surface area contributed by atoms with Crippen LogP contribution in [0.2, 0.25) is 0 Å². The number of aliphatic hydroxyl groups excluding tert-OH is 1. The zero-order chi connectivity index (χ0) is 3.58. The van der Waals surface area contributed by atoms with Gasteiger partial charge in [0.1, 0.15) is 0 Å². The van der Waals surface area contributed by atoms with Gasteiger partial charge in [-0.2, -0.15) is 0 Å². The molecule has 0 rings (SSSR count). The van der Waals surface area contributed by atoms with Gasteiger partial charge in [0.25, 0.3) is 0 Å². The van der Waals surface area contributed by atoms with Crippen molar-refractivity contribution < 1.29 is 44.9 Å². The Morgan fingerprint density at radius 1 is 1.40 bits per heavy atom. The van der Waals surface area contributed by atoms with Crippen LogP contribution >= 0.6 is 0 Å². The third-order valence-electron chi connectivity index (χ3n) is 0. The van der Waals surface area contributed by atoms with Gasteiger partial charge in [0, 0.05) is 0 Å². The van der Waals surface area contributed by atoms with Crippen LogP contribution in [0.4, 0.5) is 0 Å². The standard InChI is InChI=1S/CH3O3.Na/c2-1(3)4;/h1-3H;/q-1;+1. The molecule has 0 bridgehead atoms. The van der Waals surface area contributed by atoms with Gasteiger partial charge < -0.3 is 15.3 Å². The van der Waals surface area contributed by atoms with Crippen LogP contribution < -0.4 is 34.7 Å². The van der Waals surface area contributed by atoms with Crippen LogP contribution in [0.1, 0.15) is 0 Å². The van der Waals surface area contributed by atoms with E-state index in [2.05, 4.69) is 0 Å². The van der Waals surface area contributed by atoms with Crippen molar-refractivity contribution in [3.8, 4) is 0 Å². The van der Waals surface area contributed by atoms with E-state index in [1.54, 1.807) is 0 Å². The van der Waals surface area contributed by atoms with Gasteiger partial charge >= 0.3 is 29.6 Å². The molecule has 26 valence electrons. The summed E-state index contributed by atoms with van der Waals surface area (Å²) in [6.07, 6.45) is 0. The molecule has 0 atom stereocenters. The van der Waals surface area contributed by atoms with Crippen molar-refractivity contribution in [2.45, 2.75) is 6.48 Å². The fourth-order valence-electron chi connectivity index (χ4n) is 0. The van der Waals surface area contributed by atoms with Gasteiger partial charge in [-0.25, -0.2) is 0 Å². The predicted molar refractivity (Wildman–Crippen MR) is 8.23 cm³/mol. The molecule has 0 amide bonds. The summed E-state index contributed by atoms with van der Waals surface area (Å²) in [4.78, 5) is 0. The SMILES string of the molecule is [Na+].[O-]C(O)O. The largest absolute Gasteiger partial charge is 1.00 e. The molecule has 0 saturated heterocycles. The fourth-order valence-corrected chi connectivity index (χ4v) is 0. The molecular formula is CH3NaO3. The second-order valence-corrected chi connectivity index (χ2v) is 0.326. The molecule has 0 aromatic rings. The van der Waals surface area contributed by atoms with Gasteiger partial charge in [-0.05, 0) is 0 Å². The first-order chi connectivity index (χ1) is 1.73. The second-order valence-electron chi connectivity index (χ2n) is 0.326. The Bertz CT molecular complexity index is 11.6. The first kappa shape index (κ1) is 9.30. The van der Waals surface area contributed by atoms with Crippen LogP contribution in [0.5, 0.6) is 0 Å². The van der Waals surface area contributed by atoms with Gasteiger partial charge in [0.2, 0.25) is 0 Å². The first-order valence-corrected chi connectivity index (χ1v) is 0.752. The Hall–Kier alpha value is 0.880. The molecule has 0 unspecified atom stereocenters. The van der Waals surface area contributed by atoms with Crippen LogP contribution in [0.25, 0.3) is 0 Å². The monoisotopic (exact) mass is 86.0 g/mol. The normalized spacial score (nSPS) is 7.20. The van der Waals surface area contributed by atoms with Crippen LogP contribution in [-0.2, 0) is 0 Å². The van der Waals surface area contributed by atoms with Crippen LogP contribution in [0.3, 0.4) is 0 Å². The molecule has 5 heavy (non-hydrogen) atoms. The summed E-state index contributed by atoms with van der Waals surface area (Å²) < 4.78 is 0. The Labute approximate surface area is 51.5 Å². The van der Waals surface area contributed by atoms with Gasteiger partial charge in [0.15, 0.2) is 0 Å². The molecule has 0 aromatic carbocycles. The minimum atomic E-state index is -2.42. The molecule has 0 radical (unpaired) electrons. The molecule has 0 heterocycles. The summed E-state index contributed by atoms with van der Waals surface area (Å²) in [6, 6.07) is 0. The maximum atomic E-state index is 8.64. The van der Waals surface area contributed by atoms with Crippen molar-refractivity contribution in [3.63, 3.8) is 0 Å². The third-order valence-corrected chi connectivity index (χ3v) is 0. The van der Waals surface area contributed by atoms with Crippen LogP contribution in [0, 0.1) is 0 Å². The Morgan fingerprint density at radius 3 is 1.40 bits per heavy atom. The van der Waals surface area contributed by atoms with Crippen molar-refractivity contribution in [2.75, 3.05) is 0 Å². The molecule has 0 fully saturated rings. The smallest absolute Gasteiger partial charge is 0.810 e. The molecule has 2 N–H and O–H groups in total. The molecule has 0 saturated carbocycles. The van der Waals surface area contributed by atoms with E-state index in [4.69, 9.17) is 15.3 Å². The zero-order valence-electron chi connectivity index (χ0n) is 2.88. The minimum absolute atomic E-state index is 0. The van der Waals surface area contributed by atoms with Crippen molar-refractivity contribution >= 4 is 0 Å². The first-order valence-electron chi connectivity index (χ1n) is 0.752. The van der Waals surface area contributed by atoms with Gasteiger partial charge in [-0.1, -0.05) is 0 Å². The molecular weight excluding hydrogens is 83.0 g/mol. The van der Waals surface area contributed by atoms with Gasteiger partial charge in [-0.3, -0.25) is 0 Å². The van der Waals surface area contributed by atoms with E-state index in [0.717, 1.165) is 0 Å². The number of hydrogen-bond donors (Lipinski definition) is 2. The predicted octanol–water partition coefficient (Wildman–Crippen LogP) is -5.38. The molecule has 3 nitrogen and oxygen atoms in total. The summed E-state index contributed by atoms with van der Waals surface area (Å²) in [5.41, 5.74) is 0. The summed E-state index contributed by atoms with van der Waals surface area (Å²) in [6.45, 7) is -2.42. The number of hydrogen-bond acceptors (Lipinski definition) is 3. The number of rotatable bonds is 0. The van der Waals surface area contributed by atoms with E-state index in [0.29, 0.717) is 0 Å². The number of aliphatic hydroxyl groups is 2. The molecule has 0 aliphatic heterocycles. The van der Waals surface area contributed by atoms with Gasteiger partial charge in [0.05, 0.1) is 6.48 Å². The molecule has 0 aromatic heterocycles. The van der Waals surface area contributed by atoms with Gasteiger partial charge in [-0.15, -0.1) is 0 Å². The van der Waals surface area contributed by atoms with Crippen LogP contribution in [-0.4, -0.2) is 16.7 Å². The van der Waals surface area contributed by atoms with E-state index in [1.807, 2.05) is 0 Å². The van der Waals surface area contributed by atoms with E-state index >= 15 is 0 Å². The quantitative estimate of drug-likeness (QED) is 0.228. The summed E-state index contributed by atoms with van der Waals surface area (Å²) in [7, 11) is 0. The molecule has 0 aliphatic rings. The Kier molecular flexibility index (Phi) is 9.08. The van der Waals surface area contributed by atoms with Crippen molar-refractivity contribution in [1.82, 2.24) is 0 Å². The van der Waals surface area contributed by atoms with Crippen molar-refractivity contribution in [1.29, 1.82) is 0 Å². The molecule has 0 spiro atoms. The van der Waals surface area contributed by atoms with Crippen molar-refractivity contribution in [3.05, 3.63) is 0 Å². The molecule has 0 aliphatic carbocycles. The second kappa shape index (κ2) is 4.88. The maximum absolute atomic E-state index is 8.64. The Balaban J connectivity index is 0. The fraction of sp³-hybridized carbons (Fsp3) is 1.00. The van der Waals surface area contributed by atoms with E-state index in [9.17, 15) is 0 Å². The van der Waals surface area contributed by atoms with Crippen molar-refractivity contribution in [2.24, 2.45) is 0 Å². The minimum Gasteiger partial charge on any atom is -0.810 e. The third kappa shape index (κ3) is 52.3.